The first kappa shape index (κ1) is 18.2. The average Bonchev–Trinajstić information content (AvgIpc) is 2.46. The van der Waals surface area contributed by atoms with Gasteiger partial charge in [-0.05, 0) is 23.8 Å². The number of aliphatic carboxylic acids is 1. The number of nitrogens with one attached hydrogen (secondary N) is 1. The zero-order chi connectivity index (χ0) is 16.8. The molecule has 22 heavy (non-hydrogen) atoms. The Hall–Kier alpha value is -1.84. The van der Waals surface area contributed by atoms with E-state index in [1.54, 1.807) is 12.1 Å². The molecule has 0 aromatic heterocycles. The van der Waals surface area contributed by atoms with Crippen LogP contribution in [0.25, 0.3) is 0 Å². The largest absolute Gasteiger partial charge is 0.481 e. The number of amides is 1. The van der Waals surface area contributed by atoms with Gasteiger partial charge in [-0.1, -0.05) is 58.0 Å². The first-order valence-corrected chi connectivity index (χ1v) is 7.77. The van der Waals surface area contributed by atoms with E-state index in [2.05, 4.69) is 26.1 Å². The molecule has 0 saturated heterocycles. The second kappa shape index (κ2) is 7.43. The summed E-state index contributed by atoms with van der Waals surface area (Å²) in [6.45, 7) is 8.20. The molecule has 1 aromatic carbocycles. The fourth-order valence-electron chi connectivity index (χ4n) is 2.37. The predicted octanol–water partition coefficient (Wildman–Crippen LogP) is 3.36. The number of hydrogen-bond donors (Lipinski definition) is 2. The van der Waals surface area contributed by atoms with E-state index in [-0.39, 0.29) is 17.9 Å². The highest BCUT2D eigenvalue weighted by atomic mass is 16.4. The quantitative estimate of drug-likeness (QED) is 0.811. The molecule has 0 aliphatic carbocycles. The van der Waals surface area contributed by atoms with Gasteiger partial charge >= 0.3 is 5.97 Å². The fourth-order valence-corrected chi connectivity index (χ4v) is 2.37. The van der Waals surface area contributed by atoms with E-state index in [0.29, 0.717) is 12.8 Å². The number of benzene rings is 1. The summed E-state index contributed by atoms with van der Waals surface area (Å²) in [6.07, 6.45) is 1.61. The standard InChI is InChI=1S/C18H27NO3/c1-5-18(16(21)22,14-9-7-6-8-10-14)13-19-15(20)11-12-17(2,3)4/h6-10H,5,11-13H2,1-4H3,(H,19,20)(H,21,22). The molecule has 1 amide bonds. The summed E-state index contributed by atoms with van der Waals surface area (Å²) in [4.78, 5) is 23.8. The van der Waals surface area contributed by atoms with E-state index < -0.39 is 11.4 Å². The molecule has 0 aliphatic heterocycles. The summed E-state index contributed by atoms with van der Waals surface area (Å²) < 4.78 is 0. The summed E-state index contributed by atoms with van der Waals surface area (Å²) in [6, 6.07) is 9.11. The predicted molar refractivity (Wildman–Crippen MR) is 87.7 cm³/mol. The fraction of sp³-hybridized carbons (Fsp3) is 0.556. The van der Waals surface area contributed by atoms with Crippen molar-refractivity contribution in [2.75, 3.05) is 6.54 Å². The molecule has 1 atom stereocenters. The molecule has 4 nitrogen and oxygen atoms in total. The molecule has 0 heterocycles. The molecule has 1 aromatic rings. The van der Waals surface area contributed by atoms with Gasteiger partial charge in [-0.2, -0.15) is 0 Å². The molecule has 1 rings (SSSR count). The van der Waals surface area contributed by atoms with Crippen LogP contribution in [0.1, 0.15) is 52.5 Å². The lowest BCUT2D eigenvalue weighted by Gasteiger charge is -2.29. The zero-order valence-corrected chi connectivity index (χ0v) is 14.0. The molecular weight excluding hydrogens is 278 g/mol. The number of carboxylic acids is 1. The summed E-state index contributed by atoms with van der Waals surface area (Å²) in [5.41, 5.74) is -0.259. The van der Waals surface area contributed by atoms with Crippen LogP contribution in [0.5, 0.6) is 0 Å². The topological polar surface area (TPSA) is 66.4 Å². The van der Waals surface area contributed by atoms with Gasteiger partial charge in [0.1, 0.15) is 5.41 Å². The minimum Gasteiger partial charge on any atom is -0.481 e. The Kier molecular flexibility index (Phi) is 6.15. The second-order valence-electron chi connectivity index (χ2n) is 6.94. The van der Waals surface area contributed by atoms with Gasteiger partial charge in [0, 0.05) is 13.0 Å². The molecule has 0 bridgehead atoms. The van der Waals surface area contributed by atoms with E-state index in [1.165, 1.54) is 0 Å². The Bertz CT molecular complexity index is 505. The van der Waals surface area contributed by atoms with Crippen LogP contribution in [0.15, 0.2) is 30.3 Å². The molecule has 4 heteroatoms. The van der Waals surface area contributed by atoms with Crippen LogP contribution in [0, 0.1) is 5.41 Å². The Balaban J connectivity index is 2.80. The molecular formula is C18H27NO3. The van der Waals surface area contributed by atoms with Gasteiger partial charge in [0.25, 0.3) is 0 Å². The van der Waals surface area contributed by atoms with Crippen molar-refractivity contribution in [2.24, 2.45) is 5.41 Å². The summed E-state index contributed by atoms with van der Waals surface area (Å²) in [5.74, 6) is -0.998. The van der Waals surface area contributed by atoms with Crippen molar-refractivity contribution in [2.45, 2.75) is 52.4 Å². The van der Waals surface area contributed by atoms with Crippen LogP contribution in [0.2, 0.25) is 0 Å². The summed E-state index contributed by atoms with van der Waals surface area (Å²) >= 11 is 0. The minimum absolute atomic E-state index is 0.0887. The van der Waals surface area contributed by atoms with E-state index in [4.69, 9.17) is 0 Å². The Morgan fingerprint density at radius 2 is 1.73 bits per heavy atom. The maximum atomic E-state index is 12.0. The van der Waals surface area contributed by atoms with Crippen LogP contribution < -0.4 is 5.32 Å². The highest BCUT2D eigenvalue weighted by molar-refractivity contribution is 5.83. The van der Waals surface area contributed by atoms with Crippen molar-refractivity contribution in [3.05, 3.63) is 35.9 Å². The number of carbonyl (C=O) groups is 2. The second-order valence-corrected chi connectivity index (χ2v) is 6.94. The van der Waals surface area contributed by atoms with E-state index in [0.717, 1.165) is 12.0 Å². The molecule has 0 spiro atoms. The third-order valence-electron chi connectivity index (χ3n) is 4.03. The van der Waals surface area contributed by atoms with Crippen molar-refractivity contribution in [3.8, 4) is 0 Å². The van der Waals surface area contributed by atoms with Crippen LogP contribution >= 0.6 is 0 Å². The third-order valence-corrected chi connectivity index (χ3v) is 4.03. The van der Waals surface area contributed by atoms with Crippen LogP contribution in [0.4, 0.5) is 0 Å². The van der Waals surface area contributed by atoms with Gasteiger partial charge in [-0.25, -0.2) is 0 Å². The van der Waals surface area contributed by atoms with Gasteiger partial charge in [0.2, 0.25) is 5.91 Å². The lowest BCUT2D eigenvalue weighted by Crippen LogP contribution is -2.46. The first-order valence-electron chi connectivity index (χ1n) is 7.77. The first-order chi connectivity index (χ1) is 10.2. The average molecular weight is 305 g/mol. The Morgan fingerprint density at radius 3 is 2.18 bits per heavy atom. The van der Waals surface area contributed by atoms with Gasteiger partial charge in [-0.15, -0.1) is 0 Å². The van der Waals surface area contributed by atoms with Gasteiger partial charge < -0.3 is 10.4 Å². The minimum atomic E-state index is -1.07. The molecule has 122 valence electrons. The highest BCUT2D eigenvalue weighted by Crippen LogP contribution is 2.28. The molecule has 0 saturated carbocycles. The monoisotopic (exact) mass is 305 g/mol. The maximum Gasteiger partial charge on any atom is 0.315 e. The molecule has 0 aliphatic rings. The third kappa shape index (κ3) is 4.86. The lowest BCUT2D eigenvalue weighted by molar-refractivity contribution is -0.144. The molecule has 0 radical (unpaired) electrons. The highest BCUT2D eigenvalue weighted by Gasteiger charge is 2.38. The van der Waals surface area contributed by atoms with Gasteiger partial charge in [-0.3, -0.25) is 9.59 Å². The van der Waals surface area contributed by atoms with Crippen LogP contribution in [-0.4, -0.2) is 23.5 Å². The molecule has 1 unspecified atom stereocenters. The number of carboxylic acid groups (broad SMARTS) is 1. The van der Waals surface area contributed by atoms with Crippen molar-refractivity contribution in [1.29, 1.82) is 0 Å². The van der Waals surface area contributed by atoms with Crippen molar-refractivity contribution in [3.63, 3.8) is 0 Å². The van der Waals surface area contributed by atoms with Crippen LogP contribution in [-0.2, 0) is 15.0 Å². The van der Waals surface area contributed by atoms with E-state index in [1.807, 2.05) is 25.1 Å². The van der Waals surface area contributed by atoms with Crippen molar-refractivity contribution in [1.82, 2.24) is 5.32 Å². The summed E-state index contributed by atoms with van der Waals surface area (Å²) in [7, 11) is 0. The summed E-state index contributed by atoms with van der Waals surface area (Å²) in [5, 5.41) is 12.5. The Morgan fingerprint density at radius 1 is 1.14 bits per heavy atom. The van der Waals surface area contributed by atoms with Crippen molar-refractivity contribution >= 4 is 11.9 Å². The van der Waals surface area contributed by atoms with E-state index >= 15 is 0 Å². The molecule has 0 fully saturated rings. The number of rotatable bonds is 7. The number of hydrogen-bond acceptors (Lipinski definition) is 2. The van der Waals surface area contributed by atoms with Crippen molar-refractivity contribution < 1.29 is 14.7 Å². The normalized spacial score (nSPS) is 14.2. The smallest absolute Gasteiger partial charge is 0.315 e. The molecule has 2 N–H and O–H groups in total. The number of carbonyl (C=O) groups excluding carboxylic acids is 1. The lowest BCUT2D eigenvalue weighted by atomic mass is 9.78. The van der Waals surface area contributed by atoms with E-state index in [9.17, 15) is 14.7 Å². The Labute approximate surface area is 132 Å². The van der Waals surface area contributed by atoms with Gasteiger partial charge in [0.15, 0.2) is 0 Å². The maximum absolute atomic E-state index is 12.0. The SMILES string of the molecule is CCC(CNC(=O)CCC(C)(C)C)(C(=O)O)c1ccccc1. The zero-order valence-electron chi connectivity index (χ0n) is 14.0. The van der Waals surface area contributed by atoms with Gasteiger partial charge in [0.05, 0.1) is 0 Å². The van der Waals surface area contributed by atoms with Crippen LogP contribution in [0.3, 0.4) is 0 Å².